The van der Waals surface area contributed by atoms with Crippen LogP contribution in [0.1, 0.15) is 142 Å². The number of ketones is 1. The van der Waals surface area contributed by atoms with E-state index in [0.717, 1.165) is 32.1 Å². The van der Waals surface area contributed by atoms with Crippen molar-refractivity contribution in [2.75, 3.05) is 6.61 Å². The average Bonchev–Trinajstić information content (AvgIpc) is 1.36. The van der Waals surface area contributed by atoms with Crippen LogP contribution >= 0.6 is 0 Å². The summed E-state index contributed by atoms with van der Waals surface area (Å²) < 4.78 is 36.8. The molecule has 1 aliphatic heterocycles. The van der Waals surface area contributed by atoms with Gasteiger partial charge in [0.05, 0.1) is 35.0 Å². The number of rotatable bonds is 23. The lowest BCUT2D eigenvalue weighted by Gasteiger charge is -2.78. The monoisotopic (exact) mass is 1100 g/mol. The van der Waals surface area contributed by atoms with Crippen LogP contribution in [0.25, 0.3) is 0 Å². The van der Waals surface area contributed by atoms with Crippen molar-refractivity contribution in [3.8, 4) is 0 Å². The van der Waals surface area contributed by atoms with Crippen LogP contribution in [0.3, 0.4) is 0 Å². The molecule has 0 radical (unpaired) electrons. The lowest BCUT2D eigenvalue weighted by atomic mass is 9.30. The van der Waals surface area contributed by atoms with Gasteiger partial charge in [-0.25, -0.2) is 14.4 Å². The fourth-order valence-corrected chi connectivity index (χ4v) is 12.6. The highest BCUT2D eigenvalue weighted by Crippen LogP contribution is 2.78. The van der Waals surface area contributed by atoms with Gasteiger partial charge in [0, 0.05) is 26.2 Å². The first kappa shape index (κ1) is 60.9. The second-order valence-electron chi connectivity index (χ2n) is 22.7. The summed E-state index contributed by atoms with van der Waals surface area (Å²) in [6.07, 6.45) is 20.5. The number of carbonyl (C=O) groups is 6. The Morgan fingerprint density at radius 1 is 0.800 bits per heavy atom. The van der Waals surface area contributed by atoms with E-state index in [1.807, 2.05) is 18.2 Å². The lowest BCUT2D eigenvalue weighted by molar-refractivity contribution is -0.376. The summed E-state index contributed by atoms with van der Waals surface area (Å²) in [4.78, 5) is 85.0. The molecule has 0 spiro atoms. The maximum absolute atomic E-state index is 15.7. The molecule has 3 unspecified atom stereocenters. The molecule has 4 aliphatic carbocycles. The number of ether oxygens (including phenoxy) is 6. The van der Waals surface area contributed by atoms with Crippen LogP contribution in [0.5, 0.6) is 0 Å². The second kappa shape index (κ2) is 25.4. The molecular weight excluding hydrogens is 1020 g/mol. The van der Waals surface area contributed by atoms with Gasteiger partial charge in [0.25, 0.3) is 0 Å². The molecule has 4 N–H and O–H groups in total. The summed E-state index contributed by atoms with van der Waals surface area (Å²) in [6.45, 7) is 12.4. The van der Waals surface area contributed by atoms with Gasteiger partial charge < -0.3 is 49.1 Å². The topological polar surface area (TPSA) is 231 Å². The van der Waals surface area contributed by atoms with Crippen molar-refractivity contribution in [1.82, 2.24) is 5.32 Å². The number of hydrogen-bond donors (Lipinski definition) is 4. The highest BCUT2D eigenvalue weighted by atomic mass is 16.6. The highest BCUT2D eigenvalue weighted by molar-refractivity contribution is 5.96. The van der Waals surface area contributed by atoms with Crippen molar-refractivity contribution < 1.29 is 72.5 Å². The molecule has 1 heterocycles. The first-order valence-corrected chi connectivity index (χ1v) is 27.8. The molecule has 16 heteroatoms. The van der Waals surface area contributed by atoms with Crippen LogP contribution in [0.4, 0.5) is 4.79 Å². The SMILES string of the molecule is CC/C=C\C/C=C\C/C=C\C/C=C\C/C=C\C/C=C\CCC(=O)O[C@H]1C[C@H]2OC[C@@]2(OC(C)=O)[C@H]2[C@H](OC(=O)c3ccccc3)[C@]3(O)CC4(OC(=O)[C@H](O)C(NC(=O)OC(C)(C)C)c5ccccc5)C(C)=C([C@@H](O)C(=O)[C@]12C)C43C. The van der Waals surface area contributed by atoms with E-state index in [2.05, 4.69) is 66.9 Å². The third-order valence-electron chi connectivity index (χ3n) is 16.5. The molecule has 2 aromatic carbocycles. The lowest BCUT2D eigenvalue weighted by Crippen LogP contribution is -2.90. The number of allylic oxidation sites excluding steroid dienone is 12. The molecule has 4 fully saturated rings. The van der Waals surface area contributed by atoms with Crippen molar-refractivity contribution in [2.24, 2.45) is 16.7 Å². The Morgan fingerprint density at radius 2 is 1.35 bits per heavy atom. The molecule has 80 heavy (non-hydrogen) atoms. The van der Waals surface area contributed by atoms with E-state index in [9.17, 15) is 39.3 Å². The highest BCUT2D eigenvalue weighted by Gasteiger charge is 2.89. The second-order valence-corrected chi connectivity index (χ2v) is 22.7. The normalized spacial score (nSPS) is 30.6. The first-order chi connectivity index (χ1) is 38.0. The predicted octanol–water partition coefficient (Wildman–Crippen LogP) is 9.65. The molecule has 12 atom stereocenters. The van der Waals surface area contributed by atoms with E-state index >= 15 is 4.79 Å². The van der Waals surface area contributed by atoms with Gasteiger partial charge in [0.15, 0.2) is 17.5 Å². The zero-order valence-electron chi connectivity index (χ0n) is 47.3. The van der Waals surface area contributed by atoms with Crippen LogP contribution in [0, 0.1) is 16.7 Å². The number of carbonyl (C=O) groups excluding carboxylic acids is 6. The van der Waals surface area contributed by atoms with E-state index in [1.165, 1.54) is 39.8 Å². The Bertz CT molecular complexity index is 2810. The number of aliphatic hydroxyl groups is 3. The van der Waals surface area contributed by atoms with Crippen molar-refractivity contribution in [3.05, 3.63) is 156 Å². The fourth-order valence-electron chi connectivity index (χ4n) is 12.6. The third-order valence-corrected chi connectivity index (χ3v) is 16.5. The minimum atomic E-state index is -2.34. The third kappa shape index (κ3) is 12.0. The Morgan fingerprint density at radius 3 is 1.88 bits per heavy atom. The predicted molar refractivity (Wildman–Crippen MR) is 298 cm³/mol. The maximum Gasteiger partial charge on any atom is 0.408 e. The Balaban J connectivity index is 1.14. The molecular formula is C64H79NO15. The first-order valence-electron chi connectivity index (χ1n) is 27.8. The number of nitrogens with one attached hydrogen (secondary N) is 1. The number of benzene rings is 2. The zero-order valence-corrected chi connectivity index (χ0v) is 47.3. The number of aliphatic hydroxyl groups excluding tert-OH is 2. The van der Waals surface area contributed by atoms with Crippen molar-refractivity contribution in [3.63, 3.8) is 0 Å². The van der Waals surface area contributed by atoms with E-state index < -0.39 is 118 Å². The summed E-state index contributed by atoms with van der Waals surface area (Å²) in [5.41, 5.74) is -10.4. The van der Waals surface area contributed by atoms with Gasteiger partial charge in [0.2, 0.25) is 0 Å². The van der Waals surface area contributed by atoms with E-state index in [-0.39, 0.29) is 36.2 Å². The molecule has 16 nitrogen and oxygen atoms in total. The molecule has 430 valence electrons. The summed E-state index contributed by atoms with van der Waals surface area (Å²) in [5, 5.41) is 40.7. The van der Waals surface area contributed by atoms with Gasteiger partial charge in [-0.15, -0.1) is 0 Å². The van der Waals surface area contributed by atoms with Gasteiger partial charge in [-0.1, -0.05) is 128 Å². The summed E-state index contributed by atoms with van der Waals surface area (Å²) >= 11 is 0. The number of amides is 1. The molecule has 2 aromatic rings. The Labute approximate surface area is 469 Å². The summed E-state index contributed by atoms with van der Waals surface area (Å²) in [6, 6.07) is 14.7. The van der Waals surface area contributed by atoms with Gasteiger partial charge in [-0.05, 0) is 115 Å². The van der Waals surface area contributed by atoms with Crippen LogP contribution < -0.4 is 5.32 Å². The molecule has 3 saturated carbocycles. The molecule has 5 aliphatic rings. The summed E-state index contributed by atoms with van der Waals surface area (Å²) in [5.74, 6) is -6.09. The number of Topliss-reactive ketones (excluding diaryl/α,β-unsaturated/α-hetero) is 1. The van der Waals surface area contributed by atoms with Gasteiger partial charge >= 0.3 is 30.0 Å². The van der Waals surface area contributed by atoms with Gasteiger partial charge in [0.1, 0.15) is 41.2 Å². The Hall–Kier alpha value is -6.72. The van der Waals surface area contributed by atoms with Crippen molar-refractivity contribution in [2.45, 2.75) is 179 Å². The van der Waals surface area contributed by atoms with Crippen LogP contribution in [-0.2, 0) is 47.6 Å². The van der Waals surface area contributed by atoms with Gasteiger partial charge in [-0.3, -0.25) is 14.4 Å². The smallest absolute Gasteiger partial charge is 0.408 e. The molecule has 1 amide bonds. The molecule has 7 rings (SSSR count). The zero-order chi connectivity index (χ0) is 58.1. The number of fused-ring (bicyclic) bond motifs is 3. The molecule has 0 aromatic heterocycles. The number of hydrogen-bond acceptors (Lipinski definition) is 15. The van der Waals surface area contributed by atoms with E-state index in [1.54, 1.807) is 69.3 Å². The molecule has 1 saturated heterocycles. The van der Waals surface area contributed by atoms with Gasteiger partial charge in [-0.2, -0.15) is 0 Å². The fraction of sp³-hybridized carbons (Fsp3) is 0.500. The number of esters is 4. The minimum absolute atomic E-state index is 0.0401. The number of alkyl carbamates (subject to hydrolysis) is 1. The van der Waals surface area contributed by atoms with Crippen molar-refractivity contribution >= 4 is 35.8 Å². The average molecular weight is 1100 g/mol. The van der Waals surface area contributed by atoms with Crippen molar-refractivity contribution in [1.29, 1.82) is 0 Å². The van der Waals surface area contributed by atoms with E-state index in [0.29, 0.717) is 18.4 Å². The largest absolute Gasteiger partial charge is 0.461 e. The molecule has 0 bridgehead atoms. The minimum Gasteiger partial charge on any atom is -0.461 e. The van der Waals surface area contributed by atoms with E-state index in [4.69, 9.17) is 28.4 Å². The van der Waals surface area contributed by atoms with Crippen LogP contribution in [-0.4, -0.2) is 111 Å². The Kier molecular flexibility index (Phi) is 19.3. The maximum atomic E-state index is 15.7. The van der Waals surface area contributed by atoms with Crippen LogP contribution in [0.15, 0.2) is 145 Å². The summed E-state index contributed by atoms with van der Waals surface area (Å²) in [7, 11) is 0. The standard InChI is InChI=1S/C64H79NO15/c1-9-10-11-12-13-14-15-16-17-18-19-20-21-22-23-24-25-26-33-38-48(67)76-46-39-47-62(41-75-47,78-43(3)66)53-55(77-56(71)45-36-31-28-32-37-45)63(74)40-64(42(2)49(61(63,64)8)51(68)54(70)60(46,53)7)79-57(72)52(69)50(44-34-29-27-30-35-44)65-58(73)80-59(4,5)6/h10-11,13-14,16-17,19-20,22-23,25-32,34-37,46-47,50-53,55,68-69,74H,9,12,15,18,21,24,33,38-41H2,1-8H3,(H,65,73)/b11-10-,14-13-,17-16-,20-19-,23-22-,26-25-/t46-,47+,50?,51+,52+,53-,55-,60+,61?,62-,63+,64?/m0/s1. The van der Waals surface area contributed by atoms with Crippen LogP contribution in [0.2, 0.25) is 0 Å². The quantitative estimate of drug-likeness (QED) is 0.0461.